The summed E-state index contributed by atoms with van der Waals surface area (Å²) in [6, 6.07) is 15.2. The van der Waals surface area contributed by atoms with Crippen molar-refractivity contribution in [3.8, 4) is 11.5 Å². The molecule has 0 unspecified atom stereocenters. The minimum atomic E-state index is -0.859. The number of aliphatic hydroxyl groups is 1. The van der Waals surface area contributed by atoms with E-state index < -0.39 is 5.60 Å². The normalized spacial score (nSPS) is 11.4. The summed E-state index contributed by atoms with van der Waals surface area (Å²) < 4.78 is 5.95. The Morgan fingerprint density at radius 1 is 0.950 bits per heavy atom. The summed E-state index contributed by atoms with van der Waals surface area (Å²) in [6.07, 6.45) is 1.29. The van der Waals surface area contributed by atoms with Gasteiger partial charge in [-0.3, -0.25) is 0 Å². The molecular formula is C17H20O2S. The molecule has 0 atom stereocenters. The van der Waals surface area contributed by atoms with Gasteiger partial charge >= 0.3 is 0 Å². The van der Waals surface area contributed by atoms with Gasteiger partial charge < -0.3 is 9.84 Å². The van der Waals surface area contributed by atoms with Crippen molar-refractivity contribution in [1.29, 1.82) is 0 Å². The van der Waals surface area contributed by atoms with Gasteiger partial charge in [0.05, 0.1) is 5.60 Å². The minimum absolute atomic E-state index is 0.645. The van der Waals surface area contributed by atoms with Crippen molar-refractivity contribution in [1.82, 2.24) is 0 Å². The lowest BCUT2D eigenvalue weighted by Crippen LogP contribution is -2.24. The van der Waals surface area contributed by atoms with E-state index in [0.29, 0.717) is 24.3 Å². The molecule has 106 valence electrons. The smallest absolute Gasteiger partial charge is 0.140 e. The van der Waals surface area contributed by atoms with E-state index in [9.17, 15) is 5.11 Å². The highest BCUT2D eigenvalue weighted by molar-refractivity contribution is 7.80. The minimum Gasteiger partial charge on any atom is -0.456 e. The molecule has 0 saturated carbocycles. The Hall–Kier alpha value is -1.45. The van der Waals surface area contributed by atoms with E-state index in [4.69, 9.17) is 4.74 Å². The summed E-state index contributed by atoms with van der Waals surface area (Å²) in [6.45, 7) is 3.96. The third-order valence-corrected chi connectivity index (χ3v) is 4.01. The number of para-hydroxylation sites is 2. The largest absolute Gasteiger partial charge is 0.456 e. The van der Waals surface area contributed by atoms with Gasteiger partial charge in [0.15, 0.2) is 0 Å². The van der Waals surface area contributed by atoms with Crippen LogP contribution in [0.25, 0.3) is 0 Å². The molecule has 0 aliphatic heterocycles. The molecule has 2 rings (SSSR count). The average molecular weight is 288 g/mol. The van der Waals surface area contributed by atoms with Crippen molar-refractivity contribution in [2.45, 2.75) is 37.2 Å². The summed E-state index contributed by atoms with van der Waals surface area (Å²) in [4.78, 5) is 0.777. The van der Waals surface area contributed by atoms with E-state index >= 15 is 0 Å². The molecule has 0 heterocycles. The molecule has 0 aliphatic carbocycles. The molecule has 2 aromatic rings. The zero-order chi connectivity index (χ0) is 14.6. The SMILES string of the molecule is CCC(O)(CC)c1ccccc1Oc1ccccc1S. The lowest BCUT2D eigenvalue weighted by Gasteiger charge is -2.28. The van der Waals surface area contributed by atoms with Crippen LogP contribution >= 0.6 is 12.6 Å². The molecule has 2 nitrogen and oxygen atoms in total. The van der Waals surface area contributed by atoms with Crippen LogP contribution in [0.4, 0.5) is 0 Å². The van der Waals surface area contributed by atoms with Crippen molar-refractivity contribution >= 4 is 12.6 Å². The molecule has 2 aromatic carbocycles. The average Bonchev–Trinajstić information content (AvgIpc) is 2.49. The maximum atomic E-state index is 10.7. The Labute approximate surface area is 125 Å². The second-order valence-electron chi connectivity index (χ2n) is 4.80. The number of hydrogen-bond acceptors (Lipinski definition) is 3. The fourth-order valence-corrected chi connectivity index (χ4v) is 2.44. The monoisotopic (exact) mass is 288 g/mol. The van der Waals surface area contributed by atoms with Gasteiger partial charge in [-0.2, -0.15) is 0 Å². The number of benzene rings is 2. The maximum absolute atomic E-state index is 10.7. The highest BCUT2D eigenvalue weighted by Crippen LogP contribution is 2.38. The van der Waals surface area contributed by atoms with Crippen LogP contribution in [0.3, 0.4) is 0 Å². The van der Waals surface area contributed by atoms with E-state index in [1.165, 1.54) is 0 Å². The fourth-order valence-electron chi connectivity index (χ4n) is 2.23. The molecular weight excluding hydrogens is 268 g/mol. The molecule has 0 saturated heterocycles. The van der Waals surface area contributed by atoms with Crippen molar-refractivity contribution < 1.29 is 9.84 Å². The van der Waals surface area contributed by atoms with Gasteiger partial charge in [-0.15, -0.1) is 12.6 Å². The number of hydrogen-bond donors (Lipinski definition) is 2. The molecule has 3 heteroatoms. The van der Waals surface area contributed by atoms with Gasteiger partial charge in [0.25, 0.3) is 0 Å². The van der Waals surface area contributed by atoms with Crippen molar-refractivity contribution in [2.24, 2.45) is 0 Å². The first-order chi connectivity index (χ1) is 9.60. The lowest BCUT2D eigenvalue weighted by molar-refractivity contribution is 0.0264. The van der Waals surface area contributed by atoms with E-state index in [1.54, 1.807) is 0 Å². The van der Waals surface area contributed by atoms with Crippen LogP contribution in [-0.2, 0) is 5.60 Å². The molecule has 0 bridgehead atoms. The molecule has 0 amide bonds. The molecule has 0 fully saturated rings. The molecule has 0 aliphatic rings. The third-order valence-electron chi connectivity index (χ3n) is 3.64. The van der Waals surface area contributed by atoms with Crippen LogP contribution in [0.15, 0.2) is 53.4 Å². The van der Waals surface area contributed by atoms with Crippen molar-refractivity contribution in [3.05, 3.63) is 54.1 Å². The van der Waals surface area contributed by atoms with E-state index in [-0.39, 0.29) is 0 Å². The van der Waals surface area contributed by atoms with Gasteiger partial charge in [0, 0.05) is 10.5 Å². The standard InChI is InChI=1S/C17H20O2S/c1-3-17(18,4-2)13-9-5-6-10-14(13)19-15-11-7-8-12-16(15)20/h5-12,18,20H,3-4H2,1-2H3. The van der Waals surface area contributed by atoms with E-state index in [1.807, 2.05) is 62.4 Å². The van der Waals surface area contributed by atoms with E-state index in [2.05, 4.69) is 12.6 Å². The van der Waals surface area contributed by atoms with Gasteiger partial charge in [0.2, 0.25) is 0 Å². The zero-order valence-corrected chi connectivity index (χ0v) is 12.7. The number of ether oxygens (including phenoxy) is 1. The highest BCUT2D eigenvalue weighted by atomic mass is 32.1. The summed E-state index contributed by atoms with van der Waals surface area (Å²) in [5, 5.41) is 10.7. The van der Waals surface area contributed by atoms with Crippen LogP contribution in [0.5, 0.6) is 11.5 Å². The van der Waals surface area contributed by atoms with Crippen LogP contribution < -0.4 is 4.74 Å². The second kappa shape index (κ2) is 6.33. The topological polar surface area (TPSA) is 29.5 Å². The Morgan fingerprint density at radius 3 is 2.10 bits per heavy atom. The highest BCUT2D eigenvalue weighted by Gasteiger charge is 2.28. The summed E-state index contributed by atoms with van der Waals surface area (Å²) in [7, 11) is 0. The molecule has 20 heavy (non-hydrogen) atoms. The van der Waals surface area contributed by atoms with Crippen molar-refractivity contribution in [3.63, 3.8) is 0 Å². The molecule has 1 N–H and O–H groups in total. The predicted octanol–water partition coefficient (Wildman–Crippen LogP) is 4.78. The quantitative estimate of drug-likeness (QED) is 0.776. The van der Waals surface area contributed by atoms with Gasteiger partial charge in [-0.25, -0.2) is 0 Å². The van der Waals surface area contributed by atoms with Gasteiger partial charge in [-0.1, -0.05) is 44.2 Å². The molecule has 0 radical (unpaired) electrons. The fraction of sp³-hybridized carbons (Fsp3) is 0.294. The van der Waals surface area contributed by atoms with Gasteiger partial charge in [0.1, 0.15) is 11.5 Å². The van der Waals surface area contributed by atoms with E-state index in [0.717, 1.165) is 10.5 Å². The third kappa shape index (κ3) is 3.00. The Morgan fingerprint density at radius 2 is 1.50 bits per heavy atom. The molecule has 0 spiro atoms. The summed E-state index contributed by atoms with van der Waals surface area (Å²) in [5.74, 6) is 1.37. The second-order valence-corrected chi connectivity index (χ2v) is 5.29. The zero-order valence-electron chi connectivity index (χ0n) is 11.8. The van der Waals surface area contributed by atoms with Crippen LogP contribution in [0.2, 0.25) is 0 Å². The predicted molar refractivity (Wildman–Crippen MR) is 84.7 cm³/mol. The van der Waals surface area contributed by atoms with Crippen molar-refractivity contribution in [2.75, 3.05) is 0 Å². The van der Waals surface area contributed by atoms with Crippen LogP contribution in [0, 0.1) is 0 Å². The first-order valence-corrected chi connectivity index (χ1v) is 7.33. The Balaban J connectivity index is 2.41. The summed E-state index contributed by atoms with van der Waals surface area (Å²) in [5.41, 5.74) is -0.0381. The maximum Gasteiger partial charge on any atom is 0.140 e. The number of rotatable bonds is 5. The lowest BCUT2D eigenvalue weighted by atomic mass is 9.88. The Bertz CT molecular complexity index is 577. The molecule has 0 aromatic heterocycles. The first kappa shape index (κ1) is 14.9. The first-order valence-electron chi connectivity index (χ1n) is 6.88. The van der Waals surface area contributed by atoms with Crippen LogP contribution in [-0.4, -0.2) is 5.11 Å². The summed E-state index contributed by atoms with van der Waals surface area (Å²) >= 11 is 4.39. The van der Waals surface area contributed by atoms with Crippen LogP contribution in [0.1, 0.15) is 32.3 Å². The Kier molecular flexibility index (Phi) is 4.73. The van der Waals surface area contributed by atoms with Gasteiger partial charge in [-0.05, 0) is 31.0 Å². The number of thiol groups is 1.